The van der Waals surface area contributed by atoms with Crippen molar-refractivity contribution in [2.75, 3.05) is 0 Å². The van der Waals surface area contributed by atoms with Crippen LogP contribution in [-0.4, -0.2) is 30.2 Å². The van der Waals surface area contributed by atoms with Crippen molar-refractivity contribution in [3.05, 3.63) is 0 Å². The standard InChI is InChI=1S/C9H16N2O2/c1-5(10)9(12)11-7-4-6-2-3-8(7)13-6/h5-8H,2-4,10H2,1H3,(H,11,12). The lowest BCUT2D eigenvalue weighted by Crippen LogP contribution is -2.47. The molecule has 0 aromatic heterocycles. The number of fused-ring (bicyclic) bond motifs is 2. The topological polar surface area (TPSA) is 64.4 Å². The smallest absolute Gasteiger partial charge is 0.236 e. The van der Waals surface area contributed by atoms with Crippen molar-refractivity contribution in [3.8, 4) is 0 Å². The number of hydrogen-bond acceptors (Lipinski definition) is 3. The van der Waals surface area contributed by atoms with Gasteiger partial charge < -0.3 is 15.8 Å². The van der Waals surface area contributed by atoms with E-state index >= 15 is 0 Å². The number of nitrogens with one attached hydrogen (secondary N) is 1. The third kappa shape index (κ3) is 1.69. The first kappa shape index (κ1) is 8.97. The van der Waals surface area contributed by atoms with Crippen LogP contribution in [0.1, 0.15) is 26.2 Å². The highest BCUT2D eigenvalue weighted by Gasteiger charge is 2.41. The fourth-order valence-corrected chi connectivity index (χ4v) is 2.10. The summed E-state index contributed by atoms with van der Waals surface area (Å²) in [5.74, 6) is -0.0684. The van der Waals surface area contributed by atoms with Crippen molar-refractivity contribution in [2.45, 2.75) is 50.5 Å². The van der Waals surface area contributed by atoms with Gasteiger partial charge in [0.15, 0.2) is 0 Å². The lowest BCUT2D eigenvalue weighted by molar-refractivity contribution is -0.123. The Hall–Kier alpha value is -0.610. The highest BCUT2D eigenvalue weighted by atomic mass is 16.5. The van der Waals surface area contributed by atoms with Crippen LogP contribution in [0.3, 0.4) is 0 Å². The molecule has 2 aliphatic heterocycles. The first-order valence-electron chi connectivity index (χ1n) is 4.88. The van der Waals surface area contributed by atoms with Gasteiger partial charge in [0.1, 0.15) is 0 Å². The minimum absolute atomic E-state index is 0.0684. The molecular formula is C9H16N2O2. The molecule has 2 rings (SSSR count). The highest BCUT2D eigenvalue weighted by Crippen LogP contribution is 2.34. The van der Waals surface area contributed by atoms with Crippen molar-refractivity contribution in [1.29, 1.82) is 0 Å². The molecule has 0 spiro atoms. The summed E-state index contributed by atoms with van der Waals surface area (Å²) >= 11 is 0. The predicted molar refractivity (Wildman–Crippen MR) is 48.1 cm³/mol. The van der Waals surface area contributed by atoms with Crippen LogP contribution in [-0.2, 0) is 9.53 Å². The van der Waals surface area contributed by atoms with E-state index < -0.39 is 6.04 Å². The molecule has 74 valence electrons. The fraction of sp³-hybridized carbons (Fsp3) is 0.889. The minimum atomic E-state index is -0.417. The molecule has 4 atom stereocenters. The van der Waals surface area contributed by atoms with E-state index in [-0.39, 0.29) is 18.1 Å². The fourth-order valence-electron chi connectivity index (χ4n) is 2.10. The van der Waals surface area contributed by atoms with Gasteiger partial charge in [-0.05, 0) is 26.2 Å². The average molecular weight is 184 g/mol. The van der Waals surface area contributed by atoms with Crippen LogP contribution in [0.2, 0.25) is 0 Å². The van der Waals surface area contributed by atoms with Crippen molar-refractivity contribution in [2.24, 2.45) is 5.73 Å². The summed E-state index contributed by atoms with van der Waals surface area (Å²) in [6.07, 6.45) is 3.81. The second kappa shape index (κ2) is 3.27. The molecule has 0 saturated carbocycles. The molecule has 2 bridgehead atoms. The minimum Gasteiger partial charge on any atom is -0.373 e. The summed E-state index contributed by atoms with van der Waals surface area (Å²) in [5, 5.41) is 2.92. The van der Waals surface area contributed by atoms with E-state index in [1.54, 1.807) is 6.92 Å². The summed E-state index contributed by atoms with van der Waals surface area (Å²) in [6.45, 7) is 1.70. The third-order valence-electron chi connectivity index (χ3n) is 2.85. The van der Waals surface area contributed by atoms with Gasteiger partial charge in [-0.1, -0.05) is 0 Å². The van der Waals surface area contributed by atoms with Crippen molar-refractivity contribution in [3.63, 3.8) is 0 Å². The molecule has 0 aliphatic carbocycles. The Balaban J connectivity index is 1.86. The van der Waals surface area contributed by atoms with Crippen LogP contribution >= 0.6 is 0 Å². The van der Waals surface area contributed by atoms with Gasteiger partial charge in [0, 0.05) is 0 Å². The average Bonchev–Trinajstić information content (AvgIpc) is 2.64. The lowest BCUT2D eigenvalue weighted by Gasteiger charge is -2.20. The third-order valence-corrected chi connectivity index (χ3v) is 2.85. The Kier molecular flexibility index (Phi) is 2.26. The largest absolute Gasteiger partial charge is 0.373 e. The van der Waals surface area contributed by atoms with Gasteiger partial charge in [0.2, 0.25) is 5.91 Å². The number of carbonyl (C=O) groups is 1. The number of ether oxygens (including phenoxy) is 1. The molecule has 4 nitrogen and oxygen atoms in total. The molecule has 4 unspecified atom stereocenters. The summed E-state index contributed by atoms with van der Waals surface area (Å²) in [6, 6.07) is -0.212. The summed E-state index contributed by atoms with van der Waals surface area (Å²) in [5.41, 5.74) is 5.46. The van der Waals surface area contributed by atoms with Crippen LogP contribution in [0.25, 0.3) is 0 Å². The zero-order valence-corrected chi connectivity index (χ0v) is 7.82. The molecule has 0 radical (unpaired) electrons. The predicted octanol–water partition coefficient (Wildman–Crippen LogP) is -0.230. The first-order chi connectivity index (χ1) is 6.16. The molecular weight excluding hydrogens is 168 g/mol. The lowest BCUT2D eigenvalue weighted by atomic mass is 9.95. The Labute approximate surface area is 77.8 Å². The van der Waals surface area contributed by atoms with E-state index in [4.69, 9.17) is 10.5 Å². The van der Waals surface area contributed by atoms with Gasteiger partial charge in [0.05, 0.1) is 24.3 Å². The van der Waals surface area contributed by atoms with Crippen LogP contribution in [0.4, 0.5) is 0 Å². The highest BCUT2D eigenvalue weighted by molar-refractivity contribution is 5.81. The number of carbonyl (C=O) groups excluding carboxylic acids is 1. The van der Waals surface area contributed by atoms with Crippen LogP contribution in [0.5, 0.6) is 0 Å². The number of amides is 1. The molecule has 2 aliphatic rings. The Morgan fingerprint density at radius 1 is 1.62 bits per heavy atom. The molecule has 1 amide bonds. The van der Waals surface area contributed by atoms with E-state index in [1.807, 2.05) is 0 Å². The maximum atomic E-state index is 11.3. The maximum absolute atomic E-state index is 11.3. The van der Waals surface area contributed by atoms with Crippen molar-refractivity contribution in [1.82, 2.24) is 5.32 Å². The monoisotopic (exact) mass is 184 g/mol. The second-order valence-corrected chi connectivity index (χ2v) is 4.01. The van der Waals surface area contributed by atoms with Crippen molar-refractivity contribution < 1.29 is 9.53 Å². The normalized spacial score (nSPS) is 39.1. The molecule has 3 N–H and O–H groups in total. The van der Waals surface area contributed by atoms with Gasteiger partial charge in [-0.25, -0.2) is 0 Å². The maximum Gasteiger partial charge on any atom is 0.236 e. The van der Waals surface area contributed by atoms with Gasteiger partial charge in [-0.3, -0.25) is 4.79 Å². The quantitative estimate of drug-likeness (QED) is 0.623. The van der Waals surface area contributed by atoms with E-state index in [0.717, 1.165) is 19.3 Å². The second-order valence-electron chi connectivity index (χ2n) is 4.01. The summed E-state index contributed by atoms with van der Waals surface area (Å²) in [4.78, 5) is 11.3. The summed E-state index contributed by atoms with van der Waals surface area (Å²) < 4.78 is 5.61. The molecule has 4 heteroatoms. The van der Waals surface area contributed by atoms with E-state index in [9.17, 15) is 4.79 Å². The molecule has 13 heavy (non-hydrogen) atoms. The van der Waals surface area contributed by atoms with Crippen LogP contribution in [0, 0.1) is 0 Å². The van der Waals surface area contributed by atoms with Crippen LogP contribution in [0.15, 0.2) is 0 Å². The van der Waals surface area contributed by atoms with Gasteiger partial charge >= 0.3 is 0 Å². The molecule has 2 saturated heterocycles. The molecule has 0 aromatic rings. The van der Waals surface area contributed by atoms with Crippen LogP contribution < -0.4 is 11.1 Å². The Bertz CT molecular complexity index is 218. The number of rotatable bonds is 2. The number of nitrogens with two attached hydrogens (primary N) is 1. The molecule has 2 heterocycles. The van der Waals surface area contributed by atoms with Crippen molar-refractivity contribution >= 4 is 5.91 Å². The SMILES string of the molecule is CC(N)C(=O)NC1CC2CCC1O2. The van der Waals surface area contributed by atoms with E-state index in [2.05, 4.69) is 5.32 Å². The number of hydrogen-bond donors (Lipinski definition) is 2. The zero-order chi connectivity index (χ0) is 9.42. The molecule has 0 aromatic carbocycles. The van der Waals surface area contributed by atoms with E-state index in [0.29, 0.717) is 6.10 Å². The molecule has 2 fully saturated rings. The van der Waals surface area contributed by atoms with E-state index in [1.165, 1.54) is 0 Å². The first-order valence-corrected chi connectivity index (χ1v) is 4.88. The van der Waals surface area contributed by atoms with Gasteiger partial charge in [-0.2, -0.15) is 0 Å². The summed E-state index contributed by atoms with van der Waals surface area (Å²) in [7, 11) is 0. The zero-order valence-electron chi connectivity index (χ0n) is 7.82. The Morgan fingerprint density at radius 3 is 2.85 bits per heavy atom. The Morgan fingerprint density at radius 2 is 2.38 bits per heavy atom. The van der Waals surface area contributed by atoms with Gasteiger partial charge in [0.25, 0.3) is 0 Å². The van der Waals surface area contributed by atoms with Gasteiger partial charge in [-0.15, -0.1) is 0 Å².